The zero-order chi connectivity index (χ0) is 15.3. The topological polar surface area (TPSA) is 46.6 Å². The van der Waals surface area contributed by atoms with Crippen LogP contribution in [0.15, 0.2) is 12.1 Å². The van der Waals surface area contributed by atoms with E-state index in [0.29, 0.717) is 6.07 Å². The lowest BCUT2D eigenvalue weighted by atomic mass is 10.1. The predicted octanol–water partition coefficient (Wildman–Crippen LogP) is 2.64. The number of esters is 1. The van der Waals surface area contributed by atoms with Crippen molar-refractivity contribution in [2.24, 2.45) is 0 Å². The highest BCUT2D eigenvalue weighted by atomic mass is 35.5. The molecule has 1 rings (SSSR count). The van der Waals surface area contributed by atoms with E-state index in [1.807, 2.05) is 0 Å². The van der Waals surface area contributed by atoms with Crippen molar-refractivity contribution in [3.05, 3.63) is 34.4 Å². The maximum Gasteiger partial charge on any atom is 0.325 e. The van der Waals surface area contributed by atoms with Gasteiger partial charge in [0.2, 0.25) is 0 Å². The van der Waals surface area contributed by atoms with Crippen LogP contribution in [0.25, 0.3) is 0 Å². The van der Waals surface area contributed by atoms with Crippen molar-refractivity contribution >= 4 is 23.5 Å². The van der Waals surface area contributed by atoms with E-state index in [1.54, 1.807) is 13.8 Å². The second-order valence-electron chi connectivity index (χ2n) is 3.87. The summed E-state index contributed by atoms with van der Waals surface area (Å²) in [7, 11) is 0. The van der Waals surface area contributed by atoms with Crippen LogP contribution in [-0.4, -0.2) is 36.5 Å². The second kappa shape index (κ2) is 7.19. The molecule has 0 atom stereocenters. The van der Waals surface area contributed by atoms with Gasteiger partial charge in [-0.05, 0) is 26.0 Å². The van der Waals surface area contributed by atoms with Gasteiger partial charge < -0.3 is 9.64 Å². The number of hydrogen-bond acceptors (Lipinski definition) is 3. The average Bonchev–Trinajstić information content (AvgIpc) is 2.39. The van der Waals surface area contributed by atoms with E-state index in [4.69, 9.17) is 16.3 Å². The third-order valence-electron chi connectivity index (χ3n) is 2.53. The summed E-state index contributed by atoms with van der Waals surface area (Å²) in [6.45, 7) is 3.24. The molecule has 0 fully saturated rings. The summed E-state index contributed by atoms with van der Waals surface area (Å²) in [5, 5.41) is -0.410. The van der Waals surface area contributed by atoms with Gasteiger partial charge in [-0.1, -0.05) is 11.6 Å². The molecule has 1 aromatic carbocycles. The maximum atomic E-state index is 13.6. The minimum atomic E-state index is -0.941. The highest BCUT2D eigenvalue weighted by molar-refractivity contribution is 6.30. The van der Waals surface area contributed by atoms with Crippen molar-refractivity contribution in [3.8, 4) is 0 Å². The number of hydrogen-bond donors (Lipinski definition) is 0. The summed E-state index contributed by atoms with van der Waals surface area (Å²) in [4.78, 5) is 24.5. The first-order valence-electron chi connectivity index (χ1n) is 6.00. The van der Waals surface area contributed by atoms with Gasteiger partial charge in [0.05, 0.1) is 17.2 Å². The quantitative estimate of drug-likeness (QED) is 0.620. The van der Waals surface area contributed by atoms with Crippen LogP contribution in [0.2, 0.25) is 5.02 Å². The number of carbonyl (C=O) groups is 2. The largest absolute Gasteiger partial charge is 0.465 e. The molecule has 0 aliphatic heterocycles. The van der Waals surface area contributed by atoms with Crippen molar-refractivity contribution in [3.63, 3.8) is 0 Å². The van der Waals surface area contributed by atoms with Crippen LogP contribution in [0.5, 0.6) is 0 Å². The standard InChI is InChI=1S/C13H14ClF2NO3/c1-3-17(7-12(18)20-4-2)13(19)8-5-11(16)9(14)6-10(8)15/h5-6H,3-4,7H2,1-2H3. The number of likely N-dealkylation sites (N-methyl/N-ethyl adjacent to an activating group) is 1. The Morgan fingerprint density at radius 3 is 2.45 bits per heavy atom. The van der Waals surface area contributed by atoms with Crippen molar-refractivity contribution < 1.29 is 23.1 Å². The lowest BCUT2D eigenvalue weighted by Crippen LogP contribution is -2.36. The van der Waals surface area contributed by atoms with Gasteiger partial charge in [-0.15, -0.1) is 0 Å². The second-order valence-corrected chi connectivity index (χ2v) is 4.28. The molecule has 0 bridgehead atoms. The molecule has 0 aliphatic carbocycles. The molecule has 110 valence electrons. The van der Waals surface area contributed by atoms with Crippen LogP contribution in [-0.2, 0) is 9.53 Å². The first kappa shape index (κ1) is 16.4. The Hall–Kier alpha value is -1.69. The molecule has 7 heteroatoms. The van der Waals surface area contributed by atoms with Crippen LogP contribution in [0.4, 0.5) is 8.78 Å². The highest BCUT2D eigenvalue weighted by Crippen LogP contribution is 2.20. The molecule has 0 spiro atoms. The minimum absolute atomic E-state index is 0.154. The Morgan fingerprint density at radius 1 is 1.25 bits per heavy atom. The number of halogens is 3. The number of benzene rings is 1. The monoisotopic (exact) mass is 305 g/mol. The molecule has 0 aliphatic rings. The van der Waals surface area contributed by atoms with Gasteiger partial charge in [0.1, 0.15) is 18.2 Å². The Bertz CT molecular complexity index is 523. The lowest BCUT2D eigenvalue weighted by Gasteiger charge is -2.20. The summed E-state index contributed by atoms with van der Waals surface area (Å²) in [5.41, 5.74) is -0.474. The zero-order valence-corrected chi connectivity index (χ0v) is 11.8. The Labute approximate surface area is 120 Å². The first-order chi connectivity index (χ1) is 9.40. The van der Waals surface area contributed by atoms with E-state index in [0.717, 1.165) is 11.0 Å². The fourth-order valence-electron chi connectivity index (χ4n) is 1.55. The molecule has 4 nitrogen and oxygen atoms in total. The molecule has 0 saturated carbocycles. The van der Waals surface area contributed by atoms with Crippen LogP contribution in [0, 0.1) is 11.6 Å². The van der Waals surface area contributed by atoms with Gasteiger partial charge in [0.25, 0.3) is 5.91 Å². The Balaban J connectivity index is 2.97. The SMILES string of the molecule is CCOC(=O)CN(CC)C(=O)c1cc(F)c(Cl)cc1F. The van der Waals surface area contributed by atoms with Gasteiger partial charge in [0, 0.05) is 6.54 Å². The fraction of sp³-hybridized carbons (Fsp3) is 0.385. The minimum Gasteiger partial charge on any atom is -0.465 e. The summed E-state index contributed by atoms with van der Waals surface area (Å²) >= 11 is 5.42. The molecule has 1 amide bonds. The summed E-state index contributed by atoms with van der Waals surface area (Å²) in [5.74, 6) is -3.25. The van der Waals surface area contributed by atoms with Crippen molar-refractivity contribution in [1.29, 1.82) is 0 Å². The van der Waals surface area contributed by atoms with Crippen molar-refractivity contribution in [2.45, 2.75) is 13.8 Å². The van der Waals surface area contributed by atoms with Gasteiger partial charge in [-0.2, -0.15) is 0 Å². The number of nitrogens with zero attached hydrogens (tertiary/aromatic N) is 1. The Kier molecular flexibility index (Phi) is 5.88. The van der Waals surface area contributed by atoms with E-state index in [1.165, 1.54) is 0 Å². The van der Waals surface area contributed by atoms with Crippen LogP contribution >= 0.6 is 11.6 Å². The normalized spacial score (nSPS) is 10.2. The lowest BCUT2D eigenvalue weighted by molar-refractivity contribution is -0.143. The Morgan fingerprint density at radius 2 is 1.90 bits per heavy atom. The highest BCUT2D eigenvalue weighted by Gasteiger charge is 2.22. The molecule has 1 aromatic rings. The fourth-order valence-corrected chi connectivity index (χ4v) is 1.70. The summed E-state index contributed by atoms with van der Waals surface area (Å²) in [6.07, 6.45) is 0. The van der Waals surface area contributed by atoms with Gasteiger partial charge in [-0.25, -0.2) is 8.78 Å². The van der Waals surface area contributed by atoms with Crippen LogP contribution < -0.4 is 0 Å². The van der Waals surface area contributed by atoms with E-state index in [2.05, 4.69) is 0 Å². The molecule has 0 unspecified atom stereocenters. The predicted molar refractivity (Wildman–Crippen MR) is 69.6 cm³/mol. The molecular weight excluding hydrogens is 292 g/mol. The van der Waals surface area contributed by atoms with Gasteiger partial charge in [-0.3, -0.25) is 9.59 Å². The van der Waals surface area contributed by atoms with Crippen LogP contribution in [0.1, 0.15) is 24.2 Å². The third-order valence-corrected chi connectivity index (χ3v) is 2.82. The molecule has 0 radical (unpaired) electrons. The smallest absolute Gasteiger partial charge is 0.325 e. The third kappa shape index (κ3) is 3.90. The van der Waals surface area contributed by atoms with E-state index in [-0.39, 0.29) is 19.7 Å². The summed E-state index contributed by atoms with van der Waals surface area (Å²) in [6, 6.07) is 1.44. The summed E-state index contributed by atoms with van der Waals surface area (Å²) < 4.78 is 31.7. The first-order valence-corrected chi connectivity index (χ1v) is 6.37. The van der Waals surface area contributed by atoms with E-state index < -0.39 is 34.1 Å². The number of amides is 1. The van der Waals surface area contributed by atoms with Crippen LogP contribution in [0.3, 0.4) is 0 Å². The molecule has 20 heavy (non-hydrogen) atoms. The number of carbonyl (C=O) groups excluding carboxylic acids is 2. The molecule has 0 saturated heterocycles. The van der Waals surface area contributed by atoms with E-state index >= 15 is 0 Å². The van der Waals surface area contributed by atoms with Crippen molar-refractivity contribution in [1.82, 2.24) is 4.90 Å². The zero-order valence-electron chi connectivity index (χ0n) is 11.1. The van der Waals surface area contributed by atoms with Crippen molar-refractivity contribution in [2.75, 3.05) is 19.7 Å². The average molecular weight is 306 g/mol. The molecule has 0 aromatic heterocycles. The van der Waals surface area contributed by atoms with Gasteiger partial charge in [0.15, 0.2) is 0 Å². The van der Waals surface area contributed by atoms with E-state index in [9.17, 15) is 18.4 Å². The maximum absolute atomic E-state index is 13.6. The number of rotatable bonds is 5. The number of ether oxygens (including phenoxy) is 1. The molecule has 0 N–H and O–H groups in total. The molecular formula is C13H14ClF2NO3. The molecule has 0 heterocycles. The van der Waals surface area contributed by atoms with Gasteiger partial charge >= 0.3 is 5.97 Å².